The normalized spacial score (nSPS) is 19.7. The van der Waals surface area contributed by atoms with E-state index < -0.39 is 11.6 Å². The lowest BCUT2D eigenvalue weighted by molar-refractivity contribution is 0.143. The van der Waals surface area contributed by atoms with Gasteiger partial charge in [-0.05, 0) is 80.0 Å². The highest BCUT2D eigenvalue weighted by Gasteiger charge is 2.49. The molecule has 8 heteroatoms. The molecule has 1 spiro atoms. The molecule has 0 unspecified atom stereocenters. The van der Waals surface area contributed by atoms with Crippen molar-refractivity contribution < 1.29 is 15.0 Å². The summed E-state index contributed by atoms with van der Waals surface area (Å²) in [4.78, 5) is 25.6. The molecule has 8 nitrogen and oxygen atoms in total. The maximum Gasteiger partial charge on any atom is 0.405 e. The Balaban J connectivity index is 1.23. The van der Waals surface area contributed by atoms with Gasteiger partial charge >= 0.3 is 6.09 Å². The van der Waals surface area contributed by atoms with Crippen molar-refractivity contribution in [2.45, 2.75) is 64.0 Å². The van der Waals surface area contributed by atoms with E-state index in [1.165, 1.54) is 16.7 Å². The number of anilines is 3. The van der Waals surface area contributed by atoms with E-state index in [0.29, 0.717) is 5.69 Å². The van der Waals surface area contributed by atoms with Gasteiger partial charge < -0.3 is 25.3 Å². The van der Waals surface area contributed by atoms with Gasteiger partial charge in [0.1, 0.15) is 5.69 Å². The first-order valence-electron chi connectivity index (χ1n) is 13.9. The number of carboxylic acid groups (broad SMARTS) is 1. The Kier molecular flexibility index (Phi) is 6.46. The Morgan fingerprint density at radius 2 is 1.79 bits per heavy atom. The summed E-state index contributed by atoms with van der Waals surface area (Å²) in [5, 5.41) is 22.4. The largest absolute Gasteiger partial charge is 0.465 e. The van der Waals surface area contributed by atoms with Crippen molar-refractivity contribution >= 4 is 23.4 Å². The molecule has 1 aromatic heterocycles. The molecule has 3 heterocycles. The van der Waals surface area contributed by atoms with Crippen LogP contribution in [0.5, 0.6) is 0 Å². The highest BCUT2D eigenvalue weighted by Crippen LogP contribution is 2.56. The first-order chi connectivity index (χ1) is 18.8. The monoisotopic (exact) mass is 527 g/mol. The highest BCUT2D eigenvalue weighted by atomic mass is 16.4. The molecule has 1 aliphatic carbocycles. The number of aromatic nitrogens is 2. The van der Waals surface area contributed by atoms with Crippen LogP contribution in [0.3, 0.4) is 0 Å². The average Bonchev–Trinajstić information content (AvgIpc) is 3.47. The van der Waals surface area contributed by atoms with Gasteiger partial charge in [-0.2, -0.15) is 0 Å². The Hall–Kier alpha value is -3.65. The van der Waals surface area contributed by atoms with Crippen molar-refractivity contribution in [2.75, 3.05) is 29.4 Å². The molecule has 1 fully saturated rings. The number of hydrogen-bond acceptors (Lipinski definition) is 6. The van der Waals surface area contributed by atoms with E-state index >= 15 is 0 Å². The lowest BCUT2D eigenvalue weighted by atomic mass is 9.66. The number of nitrogens with one attached hydrogen (secondary N) is 1. The summed E-state index contributed by atoms with van der Waals surface area (Å²) < 4.78 is 0. The summed E-state index contributed by atoms with van der Waals surface area (Å²) in [7, 11) is 0. The van der Waals surface area contributed by atoms with Crippen LogP contribution < -0.4 is 15.1 Å². The SMILES string of the molecule is CC(C)(C[C@@H]1c2ccccc2CC12CCN(c1ncc(N3CCc4ccccc43)nc1CO)CC2)NC(=O)O. The number of para-hydroxylation sites is 1. The fourth-order valence-electron chi connectivity index (χ4n) is 7.22. The Morgan fingerprint density at radius 3 is 2.54 bits per heavy atom. The molecule has 3 aromatic rings. The number of fused-ring (bicyclic) bond motifs is 2. The van der Waals surface area contributed by atoms with Crippen LogP contribution in [0.15, 0.2) is 54.7 Å². The fraction of sp³-hybridized carbons (Fsp3) is 0.452. The van der Waals surface area contributed by atoms with Crippen LogP contribution in [0.25, 0.3) is 0 Å². The van der Waals surface area contributed by atoms with E-state index in [4.69, 9.17) is 9.97 Å². The number of carbonyl (C=O) groups is 1. The summed E-state index contributed by atoms with van der Waals surface area (Å²) in [5.74, 6) is 1.82. The fourth-order valence-corrected chi connectivity index (χ4v) is 7.22. The van der Waals surface area contributed by atoms with Gasteiger partial charge in [0.05, 0.1) is 12.8 Å². The van der Waals surface area contributed by atoms with Gasteiger partial charge in [-0.25, -0.2) is 14.8 Å². The molecule has 0 radical (unpaired) electrons. The third-order valence-corrected chi connectivity index (χ3v) is 9.05. The number of nitrogens with zero attached hydrogens (tertiary/aromatic N) is 4. The summed E-state index contributed by atoms with van der Waals surface area (Å²) in [6.07, 6.45) is 5.55. The Bertz CT molecular complexity index is 1380. The van der Waals surface area contributed by atoms with Gasteiger partial charge in [0.15, 0.2) is 11.6 Å². The number of rotatable bonds is 6. The predicted molar refractivity (Wildman–Crippen MR) is 152 cm³/mol. The van der Waals surface area contributed by atoms with Crippen LogP contribution in [-0.4, -0.2) is 51.4 Å². The Labute approximate surface area is 229 Å². The van der Waals surface area contributed by atoms with E-state index in [0.717, 1.165) is 69.1 Å². The first-order valence-corrected chi connectivity index (χ1v) is 13.9. The zero-order chi connectivity index (χ0) is 27.2. The number of aliphatic hydroxyl groups is 1. The van der Waals surface area contributed by atoms with Crippen molar-refractivity contribution in [3.8, 4) is 0 Å². The van der Waals surface area contributed by atoms with E-state index in [9.17, 15) is 15.0 Å². The summed E-state index contributed by atoms with van der Waals surface area (Å²) in [6.45, 7) is 6.31. The molecule has 0 saturated carbocycles. The summed E-state index contributed by atoms with van der Waals surface area (Å²) in [5.41, 5.74) is 5.37. The van der Waals surface area contributed by atoms with Gasteiger partial charge in [-0.15, -0.1) is 0 Å². The quantitative estimate of drug-likeness (QED) is 0.413. The van der Waals surface area contributed by atoms with E-state index in [2.05, 4.69) is 57.6 Å². The molecule has 0 bridgehead atoms. The second kappa shape index (κ2) is 9.83. The van der Waals surface area contributed by atoms with Crippen LogP contribution in [0, 0.1) is 5.41 Å². The molecule has 204 valence electrons. The van der Waals surface area contributed by atoms with Crippen molar-refractivity contribution in [1.29, 1.82) is 0 Å². The maximum absolute atomic E-state index is 11.5. The average molecular weight is 528 g/mol. The zero-order valence-electron chi connectivity index (χ0n) is 22.7. The van der Waals surface area contributed by atoms with E-state index in [1.807, 2.05) is 26.1 Å². The van der Waals surface area contributed by atoms with Gasteiger partial charge in [0.2, 0.25) is 0 Å². The number of piperidine rings is 1. The second-order valence-electron chi connectivity index (χ2n) is 12.0. The molecular weight excluding hydrogens is 490 g/mol. The highest BCUT2D eigenvalue weighted by molar-refractivity contribution is 5.68. The molecule has 1 saturated heterocycles. The molecular formula is C31H37N5O3. The first kappa shape index (κ1) is 25.6. The predicted octanol–water partition coefficient (Wildman–Crippen LogP) is 5.03. The maximum atomic E-state index is 11.5. The van der Waals surface area contributed by atoms with Crippen LogP contribution in [0.4, 0.5) is 22.1 Å². The smallest absolute Gasteiger partial charge is 0.405 e. The Morgan fingerprint density at radius 1 is 1.08 bits per heavy atom. The summed E-state index contributed by atoms with van der Waals surface area (Å²) >= 11 is 0. The molecule has 3 N–H and O–H groups in total. The van der Waals surface area contributed by atoms with E-state index in [-0.39, 0.29) is 17.9 Å². The lowest BCUT2D eigenvalue weighted by Gasteiger charge is -2.46. The molecule has 1 atom stereocenters. The second-order valence-corrected chi connectivity index (χ2v) is 12.0. The van der Waals surface area contributed by atoms with Crippen molar-refractivity contribution in [2.24, 2.45) is 5.41 Å². The number of aliphatic hydroxyl groups excluding tert-OH is 1. The third-order valence-electron chi connectivity index (χ3n) is 9.05. The van der Waals surface area contributed by atoms with Gasteiger partial charge in [0, 0.05) is 30.9 Å². The van der Waals surface area contributed by atoms with Crippen molar-refractivity contribution in [3.63, 3.8) is 0 Å². The molecule has 3 aliphatic rings. The van der Waals surface area contributed by atoms with Crippen LogP contribution in [0.2, 0.25) is 0 Å². The lowest BCUT2D eigenvalue weighted by Crippen LogP contribution is -2.48. The number of benzene rings is 2. The van der Waals surface area contributed by atoms with Crippen molar-refractivity contribution in [3.05, 3.63) is 77.1 Å². The third kappa shape index (κ3) is 4.71. The van der Waals surface area contributed by atoms with Gasteiger partial charge in [-0.3, -0.25) is 0 Å². The number of amides is 1. The summed E-state index contributed by atoms with van der Waals surface area (Å²) in [6, 6.07) is 17.0. The standard InChI is InChI=1S/C31H37N5O3/c1-30(2,34-29(38)39)18-24-23-9-5-3-8-22(23)17-31(24)12-15-35(16-13-31)28-25(20-37)33-27(19-32-28)36-14-11-21-7-4-6-10-26(21)36/h3-10,19,24,34,37H,11-18,20H2,1-2H3,(H,38,39)/t24-/m1/s1. The van der Waals surface area contributed by atoms with Crippen LogP contribution >= 0.6 is 0 Å². The topological polar surface area (TPSA) is 102 Å². The van der Waals surface area contributed by atoms with Crippen LogP contribution in [-0.2, 0) is 19.4 Å². The molecule has 6 rings (SSSR count). The zero-order valence-corrected chi connectivity index (χ0v) is 22.7. The molecule has 2 aromatic carbocycles. The molecule has 2 aliphatic heterocycles. The van der Waals surface area contributed by atoms with Crippen LogP contribution in [0.1, 0.15) is 61.4 Å². The number of hydrogen-bond donors (Lipinski definition) is 3. The molecule has 1 amide bonds. The van der Waals surface area contributed by atoms with E-state index in [1.54, 1.807) is 0 Å². The van der Waals surface area contributed by atoms with Gasteiger partial charge in [-0.1, -0.05) is 42.5 Å². The minimum absolute atomic E-state index is 0.0731. The van der Waals surface area contributed by atoms with Crippen molar-refractivity contribution in [1.82, 2.24) is 15.3 Å². The van der Waals surface area contributed by atoms with Gasteiger partial charge in [0.25, 0.3) is 0 Å². The minimum Gasteiger partial charge on any atom is -0.465 e. The minimum atomic E-state index is -0.980. The molecule has 39 heavy (non-hydrogen) atoms.